The predicted octanol–water partition coefficient (Wildman–Crippen LogP) is 2.92. The number of aromatic nitrogens is 1. The summed E-state index contributed by atoms with van der Waals surface area (Å²) in [5, 5.41) is 22.9. The number of rotatable bonds is 3. The Bertz CT molecular complexity index is 936. The summed E-state index contributed by atoms with van der Waals surface area (Å²) in [7, 11) is 1.58. The standard InChI is InChI=1S/C15H11N3O3S/c1-21-9-4-2-8(3-5-9)17-15-10(7-16)13-14(22-15)11(19)6-12(20)18-13/h2-6,17H,1H3,(H2,18,19,20). The summed E-state index contributed by atoms with van der Waals surface area (Å²) in [5.41, 5.74) is 0.957. The Morgan fingerprint density at radius 1 is 1.36 bits per heavy atom. The number of thiophene rings is 1. The van der Waals surface area contributed by atoms with Crippen molar-refractivity contribution < 1.29 is 9.84 Å². The number of benzene rings is 1. The molecule has 110 valence electrons. The first-order valence-electron chi connectivity index (χ1n) is 6.32. The van der Waals surface area contributed by atoms with Gasteiger partial charge in [-0.3, -0.25) is 4.79 Å². The van der Waals surface area contributed by atoms with Crippen molar-refractivity contribution in [2.45, 2.75) is 0 Å². The number of nitrogens with zero attached hydrogens (tertiary/aromatic N) is 1. The number of nitrogens with one attached hydrogen (secondary N) is 2. The van der Waals surface area contributed by atoms with Crippen LogP contribution in [0.15, 0.2) is 35.1 Å². The number of hydrogen-bond acceptors (Lipinski definition) is 6. The van der Waals surface area contributed by atoms with Crippen LogP contribution in [-0.4, -0.2) is 17.2 Å². The molecule has 0 saturated heterocycles. The summed E-state index contributed by atoms with van der Waals surface area (Å²) in [6.45, 7) is 0. The molecule has 3 aromatic rings. The van der Waals surface area contributed by atoms with Gasteiger partial charge in [-0.1, -0.05) is 0 Å². The zero-order chi connectivity index (χ0) is 15.7. The van der Waals surface area contributed by atoms with Crippen molar-refractivity contribution in [1.29, 1.82) is 5.26 Å². The van der Waals surface area contributed by atoms with Crippen LogP contribution in [0.2, 0.25) is 0 Å². The van der Waals surface area contributed by atoms with Crippen molar-refractivity contribution in [3.63, 3.8) is 0 Å². The van der Waals surface area contributed by atoms with E-state index in [4.69, 9.17) is 4.74 Å². The van der Waals surface area contributed by atoms with Gasteiger partial charge in [-0.2, -0.15) is 5.26 Å². The van der Waals surface area contributed by atoms with Gasteiger partial charge in [0, 0.05) is 11.8 Å². The molecule has 0 bridgehead atoms. The van der Waals surface area contributed by atoms with E-state index >= 15 is 0 Å². The van der Waals surface area contributed by atoms with Gasteiger partial charge in [-0.15, -0.1) is 11.3 Å². The lowest BCUT2D eigenvalue weighted by atomic mass is 10.2. The molecule has 0 aliphatic rings. The van der Waals surface area contributed by atoms with Crippen LogP contribution in [0.5, 0.6) is 11.5 Å². The highest BCUT2D eigenvalue weighted by molar-refractivity contribution is 7.23. The van der Waals surface area contributed by atoms with Crippen LogP contribution in [-0.2, 0) is 0 Å². The van der Waals surface area contributed by atoms with Gasteiger partial charge >= 0.3 is 0 Å². The molecule has 0 atom stereocenters. The largest absolute Gasteiger partial charge is 0.506 e. The fourth-order valence-electron chi connectivity index (χ4n) is 2.08. The highest BCUT2D eigenvalue weighted by atomic mass is 32.1. The third-order valence-electron chi connectivity index (χ3n) is 3.12. The minimum atomic E-state index is -0.449. The third kappa shape index (κ3) is 2.36. The average molecular weight is 313 g/mol. The summed E-state index contributed by atoms with van der Waals surface area (Å²) in [6.07, 6.45) is 0. The monoisotopic (exact) mass is 313 g/mol. The van der Waals surface area contributed by atoms with E-state index in [0.717, 1.165) is 17.5 Å². The number of aromatic hydroxyl groups is 1. The van der Waals surface area contributed by atoms with Gasteiger partial charge < -0.3 is 20.1 Å². The summed E-state index contributed by atoms with van der Waals surface area (Å²) in [6, 6.07) is 10.4. The molecule has 3 rings (SSSR count). The molecule has 0 unspecified atom stereocenters. The second-order valence-corrected chi connectivity index (χ2v) is 5.52. The van der Waals surface area contributed by atoms with E-state index in [0.29, 0.717) is 20.8 Å². The fraction of sp³-hybridized carbons (Fsp3) is 0.0667. The van der Waals surface area contributed by atoms with Crippen LogP contribution < -0.4 is 15.6 Å². The first kappa shape index (κ1) is 14.0. The first-order valence-corrected chi connectivity index (χ1v) is 7.14. The predicted molar refractivity (Wildman–Crippen MR) is 85.1 cm³/mol. The molecule has 2 aromatic heterocycles. The Balaban J connectivity index is 2.08. The molecule has 6 nitrogen and oxygen atoms in total. The number of H-pyrrole nitrogens is 1. The van der Waals surface area contributed by atoms with Gasteiger partial charge in [0.25, 0.3) is 5.56 Å². The number of hydrogen-bond donors (Lipinski definition) is 3. The minimum Gasteiger partial charge on any atom is -0.506 e. The second-order valence-electron chi connectivity index (χ2n) is 4.49. The van der Waals surface area contributed by atoms with Crippen LogP contribution >= 0.6 is 11.3 Å². The van der Waals surface area contributed by atoms with Crippen LogP contribution in [0.4, 0.5) is 10.7 Å². The van der Waals surface area contributed by atoms with Crippen molar-refractivity contribution in [3.8, 4) is 17.6 Å². The highest BCUT2D eigenvalue weighted by Crippen LogP contribution is 2.39. The molecule has 0 aliphatic carbocycles. The Labute approximate surface area is 129 Å². The lowest BCUT2D eigenvalue weighted by Gasteiger charge is -2.05. The Hall–Kier alpha value is -2.98. The van der Waals surface area contributed by atoms with Crippen molar-refractivity contribution in [3.05, 3.63) is 46.2 Å². The third-order valence-corrected chi connectivity index (χ3v) is 4.24. The van der Waals surface area contributed by atoms with E-state index in [1.807, 2.05) is 12.1 Å². The van der Waals surface area contributed by atoms with E-state index in [-0.39, 0.29) is 5.75 Å². The Kier molecular flexibility index (Phi) is 3.45. The SMILES string of the molecule is COc1ccc(Nc2sc3c(O)cc(=O)[nH]c3c2C#N)cc1. The summed E-state index contributed by atoms with van der Waals surface area (Å²) in [4.78, 5) is 14.0. The molecule has 0 spiro atoms. The van der Waals surface area contributed by atoms with Gasteiger partial charge in [0.1, 0.15) is 28.1 Å². The highest BCUT2D eigenvalue weighted by Gasteiger charge is 2.16. The summed E-state index contributed by atoms with van der Waals surface area (Å²) >= 11 is 1.20. The topological polar surface area (TPSA) is 98.1 Å². The summed E-state index contributed by atoms with van der Waals surface area (Å²) in [5.74, 6) is 0.590. The normalized spacial score (nSPS) is 10.4. The molecule has 7 heteroatoms. The smallest absolute Gasteiger partial charge is 0.252 e. The van der Waals surface area contributed by atoms with Gasteiger partial charge in [0.2, 0.25) is 0 Å². The number of anilines is 2. The lowest BCUT2D eigenvalue weighted by molar-refractivity contribution is 0.415. The lowest BCUT2D eigenvalue weighted by Crippen LogP contribution is -2.02. The molecule has 3 N–H and O–H groups in total. The molecule has 0 aliphatic heterocycles. The summed E-state index contributed by atoms with van der Waals surface area (Å²) < 4.78 is 5.56. The number of aromatic amines is 1. The number of ether oxygens (including phenoxy) is 1. The quantitative estimate of drug-likeness (QED) is 0.690. The molecular weight excluding hydrogens is 302 g/mol. The van der Waals surface area contributed by atoms with Crippen LogP contribution in [0, 0.1) is 11.3 Å². The van der Waals surface area contributed by atoms with Crippen molar-refractivity contribution in [2.24, 2.45) is 0 Å². The van der Waals surface area contributed by atoms with Crippen LogP contribution in [0.1, 0.15) is 5.56 Å². The van der Waals surface area contributed by atoms with E-state index < -0.39 is 5.56 Å². The zero-order valence-corrected chi connectivity index (χ0v) is 12.3. The van der Waals surface area contributed by atoms with Crippen LogP contribution in [0.25, 0.3) is 10.2 Å². The molecule has 22 heavy (non-hydrogen) atoms. The Morgan fingerprint density at radius 2 is 2.09 bits per heavy atom. The van der Waals surface area contributed by atoms with E-state index in [1.54, 1.807) is 19.2 Å². The van der Waals surface area contributed by atoms with Gasteiger partial charge in [-0.05, 0) is 24.3 Å². The number of pyridine rings is 1. The van der Waals surface area contributed by atoms with Crippen molar-refractivity contribution in [2.75, 3.05) is 12.4 Å². The molecule has 2 heterocycles. The maximum Gasteiger partial charge on any atom is 0.252 e. The van der Waals surface area contributed by atoms with Gasteiger partial charge in [-0.25, -0.2) is 0 Å². The maximum atomic E-state index is 11.5. The van der Waals surface area contributed by atoms with Crippen molar-refractivity contribution in [1.82, 2.24) is 4.98 Å². The number of methoxy groups -OCH3 is 1. The second kappa shape index (κ2) is 5.42. The first-order chi connectivity index (χ1) is 10.6. The van der Waals surface area contributed by atoms with Crippen LogP contribution in [0.3, 0.4) is 0 Å². The van der Waals surface area contributed by atoms with Gasteiger partial charge in [0.15, 0.2) is 0 Å². The van der Waals surface area contributed by atoms with Gasteiger partial charge in [0.05, 0.1) is 17.3 Å². The van der Waals surface area contributed by atoms with Crippen molar-refractivity contribution >= 4 is 32.2 Å². The molecule has 1 aromatic carbocycles. The Morgan fingerprint density at radius 3 is 2.73 bits per heavy atom. The van der Waals surface area contributed by atoms with E-state index in [2.05, 4.69) is 16.4 Å². The molecular formula is C15H11N3O3S. The maximum absolute atomic E-state index is 11.5. The molecule has 0 radical (unpaired) electrons. The van der Waals surface area contributed by atoms with E-state index in [1.165, 1.54) is 11.3 Å². The molecule has 0 saturated carbocycles. The van der Waals surface area contributed by atoms with E-state index in [9.17, 15) is 15.2 Å². The fourth-order valence-corrected chi connectivity index (χ4v) is 3.12. The zero-order valence-electron chi connectivity index (χ0n) is 11.5. The minimum absolute atomic E-state index is 0.136. The number of nitriles is 1. The number of fused-ring (bicyclic) bond motifs is 1. The molecule has 0 fully saturated rings. The average Bonchev–Trinajstić information content (AvgIpc) is 2.85. The molecule has 0 amide bonds.